The van der Waals surface area contributed by atoms with E-state index in [-0.39, 0.29) is 5.91 Å². The summed E-state index contributed by atoms with van der Waals surface area (Å²) in [5.74, 6) is -0.174. The Labute approximate surface area is 164 Å². The molecule has 1 aliphatic rings. The molecule has 1 aliphatic heterocycles. The van der Waals surface area contributed by atoms with Gasteiger partial charge in [-0.3, -0.25) is 4.79 Å². The molecule has 1 N–H and O–H groups in total. The zero-order valence-electron chi connectivity index (χ0n) is 15.5. The number of hydrogen-bond acceptors (Lipinski definition) is 4. The number of carbonyl (C=O) groups is 1. The quantitative estimate of drug-likeness (QED) is 0.696. The number of nitrogens with one attached hydrogen (secondary N) is 1. The van der Waals surface area contributed by atoms with Crippen LogP contribution in [0.15, 0.2) is 73.1 Å². The van der Waals surface area contributed by atoms with Crippen LogP contribution >= 0.6 is 0 Å². The first-order chi connectivity index (χ1) is 13.8. The Kier molecular flexibility index (Phi) is 5.49. The standard InChI is InChI=1S/C22H22N4O2/c27-22(11-6-18-16-23-26(17-18)21-4-2-1-3-5-21)24-19-7-9-20(10-8-19)25-12-14-28-15-13-25/h1-11,16-17H,12-15H2,(H,24,27)/b11-6+. The van der Waals surface area contributed by atoms with Crippen molar-refractivity contribution in [1.29, 1.82) is 0 Å². The number of nitrogens with zero attached hydrogens (tertiary/aromatic N) is 3. The van der Waals surface area contributed by atoms with Crippen molar-refractivity contribution in [2.24, 2.45) is 0 Å². The Morgan fingerprint density at radius 3 is 2.50 bits per heavy atom. The van der Waals surface area contributed by atoms with Gasteiger partial charge in [-0.15, -0.1) is 0 Å². The summed E-state index contributed by atoms with van der Waals surface area (Å²) in [6.07, 6.45) is 6.89. The monoisotopic (exact) mass is 374 g/mol. The largest absolute Gasteiger partial charge is 0.378 e. The van der Waals surface area contributed by atoms with Crippen LogP contribution in [0.5, 0.6) is 0 Å². The lowest BCUT2D eigenvalue weighted by molar-refractivity contribution is -0.111. The first kappa shape index (κ1) is 18.0. The summed E-state index contributed by atoms with van der Waals surface area (Å²) in [5.41, 5.74) is 3.76. The number of ether oxygens (including phenoxy) is 1. The normalized spacial score (nSPS) is 14.4. The molecular formula is C22H22N4O2. The molecule has 0 saturated carbocycles. The van der Waals surface area contributed by atoms with Crippen molar-refractivity contribution in [2.75, 3.05) is 36.5 Å². The lowest BCUT2D eigenvalue weighted by Gasteiger charge is -2.28. The molecule has 3 aromatic rings. The fourth-order valence-corrected chi connectivity index (χ4v) is 3.08. The molecule has 4 rings (SSSR count). The van der Waals surface area contributed by atoms with Gasteiger partial charge in [-0.1, -0.05) is 18.2 Å². The van der Waals surface area contributed by atoms with E-state index >= 15 is 0 Å². The van der Waals surface area contributed by atoms with E-state index in [1.165, 1.54) is 6.08 Å². The van der Waals surface area contributed by atoms with E-state index in [0.717, 1.165) is 48.9 Å². The van der Waals surface area contributed by atoms with E-state index < -0.39 is 0 Å². The van der Waals surface area contributed by atoms with Gasteiger partial charge >= 0.3 is 0 Å². The highest BCUT2D eigenvalue weighted by atomic mass is 16.5. The van der Waals surface area contributed by atoms with Gasteiger partial charge in [0.15, 0.2) is 0 Å². The van der Waals surface area contributed by atoms with Gasteiger partial charge in [0.2, 0.25) is 5.91 Å². The summed E-state index contributed by atoms with van der Waals surface area (Å²) < 4.78 is 7.15. The Morgan fingerprint density at radius 1 is 1.00 bits per heavy atom. The number of hydrogen-bond donors (Lipinski definition) is 1. The minimum Gasteiger partial charge on any atom is -0.378 e. The number of para-hydroxylation sites is 1. The van der Waals surface area contributed by atoms with Crippen LogP contribution in [0, 0.1) is 0 Å². The van der Waals surface area contributed by atoms with E-state index in [9.17, 15) is 4.79 Å². The average Bonchev–Trinajstić information content (AvgIpc) is 3.23. The predicted octanol–water partition coefficient (Wildman–Crippen LogP) is 3.36. The zero-order chi connectivity index (χ0) is 19.2. The van der Waals surface area contributed by atoms with Crippen LogP contribution in [0.3, 0.4) is 0 Å². The SMILES string of the molecule is O=C(/C=C/c1cnn(-c2ccccc2)c1)Nc1ccc(N2CCOCC2)cc1. The van der Waals surface area contributed by atoms with Crippen molar-refractivity contribution in [3.05, 3.63) is 78.6 Å². The number of morpholine rings is 1. The summed E-state index contributed by atoms with van der Waals surface area (Å²) in [6, 6.07) is 17.7. The van der Waals surface area contributed by atoms with Gasteiger partial charge in [-0.05, 0) is 42.5 Å². The molecule has 1 amide bonds. The Hall–Kier alpha value is -3.38. The van der Waals surface area contributed by atoms with Crippen molar-refractivity contribution in [1.82, 2.24) is 9.78 Å². The van der Waals surface area contributed by atoms with Gasteiger partial charge in [0, 0.05) is 42.3 Å². The van der Waals surface area contributed by atoms with Crippen molar-refractivity contribution < 1.29 is 9.53 Å². The van der Waals surface area contributed by atoms with Gasteiger partial charge in [0.25, 0.3) is 0 Å². The summed E-state index contributed by atoms with van der Waals surface area (Å²) in [6.45, 7) is 3.30. The third-order valence-corrected chi connectivity index (χ3v) is 4.56. The lowest BCUT2D eigenvalue weighted by atomic mass is 10.2. The average molecular weight is 374 g/mol. The summed E-state index contributed by atoms with van der Waals surface area (Å²) in [4.78, 5) is 14.5. The molecule has 0 bridgehead atoms. The van der Waals surface area contributed by atoms with E-state index in [4.69, 9.17) is 4.74 Å². The molecule has 2 heterocycles. The zero-order valence-corrected chi connectivity index (χ0v) is 15.5. The molecule has 2 aromatic carbocycles. The van der Waals surface area contributed by atoms with Crippen molar-refractivity contribution in [3.8, 4) is 5.69 Å². The Bertz CT molecular complexity index is 942. The predicted molar refractivity (Wildman–Crippen MR) is 111 cm³/mol. The molecule has 1 aromatic heterocycles. The minimum atomic E-state index is -0.174. The first-order valence-electron chi connectivity index (χ1n) is 9.30. The topological polar surface area (TPSA) is 59.4 Å². The number of amides is 1. The number of rotatable bonds is 5. The maximum atomic E-state index is 12.2. The van der Waals surface area contributed by atoms with Crippen LogP contribution in [0.2, 0.25) is 0 Å². The minimum absolute atomic E-state index is 0.174. The summed E-state index contributed by atoms with van der Waals surface area (Å²) in [7, 11) is 0. The Morgan fingerprint density at radius 2 is 1.75 bits per heavy atom. The van der Waals surface area contributed by atoms with Crippen LogP contribution in [-0.2, 0) is 9.53 Å². The van der Waals surface area contributed by atoms with Gasteiger partial charge in [-0.25, -0.2) is 4.68 Å². The summed E-state index contributed by atoms with van der Waals surface area (Å²) >= 11 is 0. The highest BCUT2D eigenvalue weighted by Gasteiger charge is 2.10. The second kappa shape index (κ2) is 8.54. The van der Waals surface area contributed by atoms with Crippen LogP contribution in [0.1, 0.15) is 5.56 Å². The second-order valence-electron chi connectivity index (χ2n) is 6.52. The highest BCUT2D eigenvalue weighted by molar-refractivity contribution is 6.01. The lowest BCUT2D eigenvalue weighted by Crippen LogP contribution is -2.36. The van der Waals surface area contributed by atoms with Crippen LogP contribution in [0.4, 0.5) is 11.4 Å². The van der Waals surface area contributed by atoms with Crippen molar-refractivity contribution in [2.45, 2.75) is 0 Å². The molecule has 1 fully saturated rings. The second-order valence-corrected chi connectivity index (χ2v) is 6.52. The fraction of sp³-hybridized carbons (Fsp3) is 0.182. The van der Waals surface area contributed by atoms with Crippen LogP contribution in [-0.4, -0.2) is 42.0 Å². The van der Waals surface area contributed by atoms with Gasteiger partial charge < -0.3 is 15.0 Å². The molecule has 0 aliphatic carbocycles. The maximum Gasteiger partial charge on any atom is 0.248 e. The molecular weight excluding hydrogens is 352 g/mol. The van der Waals surface area contributed by atoms with E-state index in [1.807, 2.05) is 60.8 Å². The molecule has 28 heavy (non-hydrogen) atoms. The van der Waals surface area contributed by atoms with Gasteiger partial charge in [0.05, 0.1) is 25.1 Å². The molecule has 6 heteroatoms. The molecule has 0 spiro atoms. The number of carbonyl (C=O) groups excluding carboxylic acids is 1. The number of anilines is 2. The first-order valence-corrected chi connectivity index (χ1v) is 9.30. The summed E-state index contributed by atoms with van der Waals surface area (Å²) in [5, 5.41) is 7.21. The highest BCUT2D eigenvalue weighted by Crippen LogP contribution is 2.19. The van der Waals surface area contributed by atoms with Crippen molar-refractivity contribution in [3.63, 3.8) is 0 Å². The van der Waals surface area contributed by atoms with E-state index in [0.29, 0.717) is 0 Å². The van der Waals surface area contributed by atoms with Crippen LogP contribution in [0.25, 0.3) is 11.8 Å². The Balaban J connectivity index is 1.34. The van der Waals surface area contributed by atoms with E-state index in [1.54, 1.807) is 17.0 Å². The molecule has 0 unspecified atom stereocenters. The molecule has 1 saturated heterocycles. The molecule has 0 radical (unpaired) electrons. The van der Waals surface area contributed by atoms with Gasteiger partial charge in [0.1, 0.15) is 0 Å². The molecule has 142 valence electrons. The third kappa shape index (κ3) is 4.47. The number of aromatic nitrogens is 2. The van der Waals surface area contributed by atoms with E-state index in [2.05, 4.69) is 15.3 Å². The van der Waals surface area contributed by atoms with Crippen LogP contribution < -0.4 is 10.2 Å². The smallest absolute Gasteiger partial charge is 0.248 e. The molecule has 0 atom stereocenters. The van der Waals surface area contributed by atoms with Crippen molar-refractivity contribution >= 4 is 23.4 Å². The maximum absolute atomic E-state index is 12.2. The van der Waals surface area contributed by atoms with Gasteiger partial charge in [-0.2, -0.15) is 5.10 Å². The number of benzene rings is 2. The molecule has 6 nitrogen and oxygen atoms in total. The fourth-order valence-electron chi connectivity index (χ4n) is 3.08. The third-order valence-electron chi connectivity index (χ3n) is 4.56.